The number of carbonyl (C=O) groups is 3. The third-order valence-electron chi connectivity index (χ3n) is 4.85. The van der Waals surface area contributed by atoms with Gasteiger partial charge in [0.1, 0.15) is 6.04 Å². The molecule has 0 aromatic heterocycles. The Kier molecular flexibility index (Phi) is 7.82. The van der Waals surface area contributed by atoms with Gasteiger partial charge in [0.15, 0.2) is 6.10 Å². The van der Waals surface area contributed by atoms with E-state index in [2.05, 4.69) is 10.6 Å². The molecule has 0 unspecified atom stereocenters. The van der Waals surface area contributed by atoms with Crippen LogP contribution in [-0.2, 0) is 14.3 Å². The van der Waals surface area contributed by atoms with Gasteiger partial charge in [-0.3, -0.25) is 9.59 Å². The van der Waals surface area contributed by atoms with Crippen molar-refractivity contribution < 1.29 is 19.1 Å². The topological polar surface area (TPSA) is 84.5 Å². The Morgan fingerprint density at radius 1 is 1.07 bits per heavy atom. The summed E-state index contributed by atoms with van der Waals surface area (Å²) < 4.78 is 5.24. The van der Waals surface area contributed by atoms with Crippen LogP contribution in [0.25, 0.3) is 0 Å². The number of hydrogen-bond donors (Lipinski definition) is 2. The zero-order chi connectivity index (χ0) is 19.8. The molecule has 1 aromatic rings. The Hall–Kier alpha value is -2.37. The Morgan fingerprint density at radius 2 is 1.74 bits per heavy atom. The van der Waals surface area contributed by atoms with Crippen LogP contribution in [0.1, 0.15) is 68.3 Å². The Labute approximate surface area is 161 Å². The van der Waals surface area contributed by atoms with Gasteiger partial charge in [0.2, 0.25) is 0 Å². The fourth-order valence-electron chi connectivity index (χ4n) is 3.20. The van der Waals surface area contributed by atoms with E-state index in [1.165, 1.54) is 12.8 Å². The average Bonchev–Trinajstić information content (AvgIpc) is 2.90. The van der Waals surface area contributed by atoms with Crippen LogP contribution in [-0.4, -0.2) is 36.0 Å². The second kappa shape index (κ2) is 10.1. The number of carbonyl (C=O) groups excluding carboxylic acids is 3. The lowest BCUT2D eigenvalue weighted by molar-refractivity contribution is -0.156. The lowest BCUT2D eigenvalue weighted by atomic mass is 10.1. The van der Waals surface area contributed by atoms with Gasteiger partial charge in [-0.2, -0.15) is 0 Å². The van der Waals surface area contributed by atoms with Crippen LogP contribution in [0, 0.1) is 6.92 Å². The quantitative estimate of drug-likeness (QED) is 0.592. The molecule has 1 aliphatic carbocycles. The van der Waals surface area contributed by atoms with Crippen molar-refractivity contribution >= 4 is 17.8 Å². The monoisotopic (exact) mass is 374 g/mol. The highest BCUT2D eigenvalue weighted by Gasteiger charge is 2.25. The summed E-state index contributed by atoms with van der Waals surface area (Å²) in [5.74, 6) is -1.26. The van der Waals surface area contributed by atoms with Gasteiger partial charge >= 0.3 is 5.97 Å². The van der Waals surface area contributed by atoms with Crippen LogP contribution in [0.5, 0.6) is 0 Å². The van der Waals surface area contributed by atoms with Crippen molar-refractivity contribution in [2.24, 2.45) is 0 Å². The van der Waals surface area contributed by atoms with E-state index in [1.807, 2.05) is 13.0 Å². The van der Waals surface area contributed by atoms with Crippen LogP contribution in [0.15, 0.2) is 24.3 Å². The molecule has 27 heavy (non-hydrogen) atoms. The van der Waals surface area contributed by atoms with E-state index in [-0.39, 0.29) is 17.9 Å². The van der Waals surface area contributed by atoms with E-state index in [4.69, 9.17) is 4.74 Å². The van der Waals surface area contributed by atoms with E-state index < -0.39 is 18.1 Å². The van der Waals surface area contributed by atoms with Crippen LogP contribution in [0.4, 0.5) is 0 Å². The molecule has 148 valence electrons. The smallest absolute Gasteiger partial charge is 0.329 e. The predicted molar refractivity (Wildman–Crippen MR) is 103 cm³/mol. The zero-order valence-electron chi connectivity index (χ0n) is 16.4. The zero-order valence-corrected chi connectivity index (χ0v) is 16.4. The molecule has 2 rings (SSSR count). The van der Waals surface area contributed by atoms with E-state index >= 15 is 0 Å². The molecular formula is C21H30N2O4. The molecule has 0 radical (unpaired) electrons. The molecule has 2 N–H and O–H groups in total. The SMILES string of the molecule is Cc1cccc(C(=O)N[C@@H](C)C(=O)O[C@@H](C)C(=O)NC2CCCCCC2)c1. The molecule has 2 atom stereocenters. The molecule has 0 aliphatic heterocycles. The van der Waals surface area contributed by atoms with Gasteiger partial charge in [0, 0.05) is 11.6 Å². The average molecular weight is 374 g/mol. The molecule has 2 amide bonds. The molecule has 1 fully saturated rings. The second-order valence-corrected chi connectivity index (χ2v) is 7.34. The summed E-state index contributed by atoms with van der Waals surface area (Å²) in [7, 11) is 0. The van der Waals surface area contributed by atoms with Crippen LogP contribution >= 0.6 is 0 Å². The molecule has 1 saturated carbocycles. The molecule has 0 saturated heterocycles. The van der Waals surface area contributed by atoms with Crippen molar-refractivity contribution in [1.82, 2.24) is 10.6 Å². The maximum atomic E-state index is 12.3. The number of benzene rings is 1. The van der Waals surface area contributed by atoms with Gasteiger partial charge < -0.3 is 15.4 Å². The largest absolute Gasteiger partial charge is 0.451 e. The normalized spacial score (nSPS) is 17.3. The van der Waals surface area contributed by atoms with E-state index in [0.717, 1.165) is 31.2 Å². The number of hydrogen-bond acceptors (Lipinski definition) is 4. The van der Waals surface area contributed by atoms with Crippen molar-refractivity contribution in [2.75, 3.05) is 0 Å². The third kappa shape index (κ3) is 6.70. The number of nitrogens with one attached hydrogen (secondary N) is 2. The maximum Gasteiger partial charge on any atom is 0.329 e. The molecule has 6 nitrogen and oxygen atoms in total. The second-order valence-electron chi connectivity index (χ2n) is 7.34. The van der Waals surface area contributed by atoms with Crippen molar-refractivity contribution in [1.29, 1.82) is 0 Å². The molecule has 0 spiro atoms. The van der Waals surface area contributed by atoms with E-state index in [1.54, 1.807) is 32.0 Å². The molecule has 1 aliphatic rings. The van der Waals surface area contributed by atoms with Gasteiger partial charge in [-0.1, -0.05) is 43.4 Å². The number of esters is 1. The van der Waals surface area contributed by atoms with Crippen LogP contribution < -0.4 is 10.6 Å². The summed E-state index contributed by atoms with van der Waals surface area (Å²) in [6.45, 7) is 4.99. The fraction of sp³-hybridized carbons (Fsp3) is 0.571. The molecule has 1 aromatic carbocycles. The van der Waals surface area contributed by atoms with Crippen molar-refractivity contribution in [2.45, 2.75) is 77.5 Å². The minimum Gasteiger partial charge on any atom is -0.451 e. The maximum absolute atomic E-state index is 12.3. The Morgan fingerprint density at radius 3 is 2.37 bits per heavy atom. The first kappa shape index (κ1) is 20.9. The van der Waals surface area contributed by atoms with Gasteiger partial charge in [0.05, 0.1) is 0 Å². The summed E-state index contributed by atoms with van der Waals surface area (Å²) in [6, 6.07) is 6.42. The van der Waals surface area contributed by atoms with Crippen LogP contribution in [0.2, 0.25) is 0 Å². The molecule has 0 heterocycles. The van der Waals surface area contributed by atoms with Gasteiger partial charge in [0.25, 0.3) is 11.8 Å². The highest BCUT2D eigenvalue weighted by molar-refractivity contribution is 5.97. The van der Waals surface area contributed by atoms with Crippen molar-refractivity contribution in [3.63, 3.8) is 0 Å². The number of aryl methyl sites for hydroxylation is 1. The van der Waals surface area contributed by atoms with E-state index in [9.17, 15) is 14.4 Å². The molecule has 6 heteroatoms. The highest BCUT2D eigenvalue weighted by Crippen LogP contribution is 2.17. The Bertz CT molecular complexity index is 666. The lowest BCUT2D eigenvalue weighted by Gasteiger charge is -2.21. The summed E-state index contributed by atoms with van der Waals surface area (Å²) in [5.41, 5.74) is 1.44. The highest BCUT2D eigenvalue weighted by atomic mass is 16.5. The predicted octanol–water partition coefficient (Wildman–Crippen LogP) is 2.88. The number of rotatable bonds is 6. The van der Waals surface area contributed by atoms with Gasteiger partial charge in [-0.25, -0.2) is 4.79 Å². The number of amides is 2. The first-order valence-electron chi connectivity index (χ1n) is 9.75. The molecular weight excluding hydrogens is 344 g/mol. The fourth-order valence-corrected chi connectivity index (χ4v) is 3.20. The summed E-state index contributed by atoms with van der Waals surface area (Å²) in [5, 5.41) is 5.58. The third-order valence-corrected chi connectivity index (χ3v) is 4.85. The summed E-state index contributed by atoms with van der Waals surface area (Å²) in [4.78, 5) is 36.7. The van der Waals surface area contributed by atoms with E-state index in [0.29, 0.717) is 5.56 Å². The molecule has 0 bridgehead atoms. The minimum atomic E-state index is -0.890. The number of ether oxygens (including phenoxy) is 1. The first-order valence-corrected chi connectivity index (χ1v) is 9.75. The van der Waals surface area contributed by atoms with Crippen molar-refractivity contribution in [3.05, 3.63) is 35.4 Å². The standard InChI is InChI=1S/C21H30N2O4/c1-14-9-8-10-17(13-14)20(25)22-15(2)21(26)27-16(3)19(24)23-18-11-6-4-5-7-12-18/h8-10,13,15-16,18H,4-7,11-12H2,1-3H3,(H,22,25)(H,23,24)/t15-,16-/m0/s1. The first-order chi connectivity index (χ1) is 12.9. The van der Waals surface area contributed by atoms with Crippen molar-refractivity contribution in [3.8, 4) is 0 Å². The van der Waals surface area contributed by atoms with Gasteiger partial charge in [-0.05, 0) is 45.7 Å². The summed E-state index contributed by atoms with van der Waals surface area (Å²) in [6.07, 6.45) is 5.68. The van der Waals surface area contributed by atoms with Gasteiger partial charge in [-0.15, -0.1) is 0 Å². The lowest BCUT2D eigenvalue weighted by Crippen LogP contribution is -2.45. The minimum absolute atomic E-state index is 0.152. The Balaban J connectivity index is 1.81. The van der Waals surface area contributed by atoms with Crippen LogP contribution in [0.3, 0.4) is 0 Å². The summed E-state index contributed by atoms with van der Waals surface area (Å²) >= 11 is 0.